The van der Waals surface area contributed by atoms with Gasteiger partial charge in [-0.3, -0.25) is 19.1 Å². The number of benzene rings is 2. The molecular formula is C82H110N12O16S2. The van der Waals surface area contributed by atoms with Gasteiger partial charge in [0.1, 0.15) is 65.5 Å². The van der Waals surface area contributed by atoms with E-state index in [1.54, 1.807) is 25.9 Å². The molecule has 6 aliphatic carbocycles. The highest BCUT2D eigenvalue weighted by Gasteiger charge is 2.73. The van der Waals surface area contributed by atoms with Gasteiger partial charge in [0.25, 0.3) is 5.91 Å². The molecule has 2 aromatic heterocycles. The smallest absolute Gasteiger partial charge is 0.408 e. The lowest BCUT2D eigenvalue weighted by Gasteiger charge is -2.30. The zero-order chi connectivity index (χ0) is 78.0. The van der Waals surface area contributed by atoms with Crippen molar-refractivity contribution in [1.82, 2.24) is 55.1 Å². The Bertz CT molecular complexity index is 4570. The molecule has 3 saturated heterocycles. The van der Waals surface area contributed by atoms with Crippen LogP contribution in [0.2, 0.25) is 0 Å². The molecule has 6 aliphatic heterocycles. The molecule has 7 N–H and O–H groups in total. The summed E-state index contributed by atoms with van der Waals surface area (Å²) in [4.78, 5) is 111. The SMILES string of the molecule is COc1ccc2nc3c(nc2c1)OC1CC(C=O)N(C1)C(=O)C(CCC(CCC=CC1CC1(N)C1(NS(=O)(=O)C2(C)CC2)CO1)c1ccc2nc4c(nc2c1)CCCCCC1CC1OC(=O)NC1CCCCCC=CC2CC2(C(=O)NS(=O)(=O)C2(C)CC2)NCC2CC(CN2C1=O)O4)NC(=O)OC1CCCC1CCCCC3. The van der Waals surface area contributed by atoms with Crippen molar-refractivity contribution in [3.8, 4) is 17.5 Å². The van der Waals surface area contributed by atoms with Crippen molar-refractivity contribution in [2.45, 2.75) is 294 Å². The maximum atomic E-state index is 15.5. The molecular weight excluding hydrogens is 1470 g/mol. The number of nitrogens with zero attached hydrogens (tertiary/aromatic N) is 6. The monoisotopic (exact) mass is 1580 g/mol. The van der Waals surface area contributed by atoms with Crippen LogP contribution in [-0.4, -0.2) is 191 Å². The largest absolute Gasteiger partial charge is 0.497 e. The summed E-state index contributed by atoms with van der Waals surface area (Å²) in [6, 6.07) is 8.00. The molecule has 16 rings (SSSR count). The fourth-order valence-electron chi connectivity index (χ4n) is 18.4. The predicted molar refractivity (Wildman–Crippen MR) is 414 cm³/mol. The number of allylic oxidation sites excluding steroid dienone is 2. The number of hydrogen-bond donors (Lipinski definition) is 6. The van der Waals surface area contributed by atoms with Crippen LogP contribution in [0.1, 0.15) is 223 Å². The van der Waals surface area contributed by atoms with E-state index in [0.29, 0.717) is 147 Å². The van der Waals surface area contributed by atoms with Crippen molar-refractivity contribution in [3.63, 3.8) is 0 Å². The minimum atomic E-state index is -3.98. The fraction of sp³-hybridized carbons (Fsp3) is 0.683. The Morgan fingerprint density at radius 1 is 0.696 bits per heavy atom. The van der Waals surface area contributed by atoms with Crippen LogP contribution in [0.3, 0.4) is 0 Å². The first-order valence-electron chi connectivity index (χ1n) is 41.5. The number of aromatic nitrogens is 4. The van der Waals surface area contributed by atoms with Gasteiger partial charge in [0, 0.05) is 43.3 Å². The van der Waals surface area contributed by atoms with E-state index in [1.807, 2.05) is 48.6 Å². The van der Waals surface area contributed by atoms with Gasteiger partial charge in [-0.2, -0.15) is 4.72 Å². The Kier molecular flexibility index (Phi) is 22.0. The Labute approximate surface area is 655 Å². The van der Waals surface area contributed by atoms with E-state index in [4.69, 9.17) is 54.1 Å². The first-order valence-corrected chi connectivity index (χ1v) is 44.4. The lowest BCUT2D eigenvalue weighted by atomic mass is 9.87. The highest BCUT2D eigenvalue weighted by atomic mass is 32.2. The topological polar surface area (TPSA) is 374 Å². The summed E-state index contributed by atoms with van der Waals surface area (Å²) in [5.74, 6) is -0.488. The summed E-state index contributed by atoms with van der Waals surface area (Å²) < 4.78 is 95.2. The molecule has 606 valence electrons. The van der Waals surface area contributed by atoms with Gasteiger partial charge in [-0.05, 0) is 209 Å². The van der Waals surface area contributed by atoms with Gasteiger partial charge in [-0.25, -0.2) is 46.4 Å². The van der Waals surface area contributed by atoms with Crippen LogP contribution in [0.25, 0.3) is 22.1 Å². The molecule has 16 unspecified atom stereocenters. The number of alkyl carbamates (subject to hydrolysis) is 2. The third-order valence-corrected chi connectivity index (χ3v) is 31.3. The summed E-state index contributed by atoms with van der Waals surface area (Å²) >= 11 is 0. The molecule has 8 heterocycles. The minimum Gasteiger partial charge on any atom is -0.497 e. The summed E-state index contributed by atoms with van der Waals surface area (Å²) in [5.41, 5.74) is 8.31. The quantitative estimate of drug-likeness (QED) is 0.0326. The number of nitrogens with one attached hydrogen (secondary N) is 5. The second-order valence-electron chi connectivity index (χ2n) is 34.9. The molecule has 6 saturated carbocycles. The number of carbonyl (C=O) groups is 6. The molecule has 5 bridgehead atoms. The van der Waals surface area contributed by atoms with Gasteiger partial charge in [0.15, 0.2) is 5.72 Å². The van der Waals surface area contributed by atoms with Crippen molar-refractivity contribution in [2.75, 3.05) is 33.4 Å². The molecule has 28 nitrogen and oxygen atoms in total. The second kappa shape index (κ2) is 31.5. The molecule has 0 spiro atoms. The average Bonchev–Trinajstić information content (AvgIpc) is 1.51. The van der Waals surface area contributed by atoms with Crippen molar-refractivity contribution in [2.24, 2.45) is 29.4 Å². The lowest BCUT2D eigenvalue weighted by Crippen LogP contribution is -2.56. The van der Waals surface area contributed by atoms with Crippen LogP contribution < -0.4 is 45.3 Å². The van der Waals surface area contributed by atoms with Crippen LogP contribution in [0.4, 0.5) is 9.59 Å². The van der Waals surface area contributed by atoms with E-state index in [9.17, 15) is 36.0 Å². The van der Waals surface area contributed by atoms with E-state index in [0.717, 1.165) is 102 Å². The number of methoxy groups -OCH3 is 1. The number of ether oxygens (including phenoxy) is 6. The number of aldehydes is 1. The van der Waals surface area contributed by atoms with Crippen molar-refractivity contribution in [3.05, 3.63) is 77.7 Å². The van der Waals surface area contributed by atoms with E-state index < -0.39 is 107 Å². The number of epoxide rings is 1. The molecule has 9 fully saturated rings. The number of nitrogens with two attached hydrogens (primary N) is 1. The van der Waals surface area contributed by atoms with E-state index >= 15 is 9.59 Å². The zero-order valence-corrected chi connectivity index (χ0v) is 66.3. The van der Waals surface area contributed by atoms with Crippen molar-refractivity contribution >= 4 is 78.3 Å². The lowest BCUT2D eigenvalue weighted by molar-refractivity contribution is -0.137. The molecule has 2 aromatic carbocycles. The van der Waals surface area contributed by atoms with Crippen molar-refractivity contribution < 1.29 is 74.0 Å². The van der Waals surface area contributed by atoms with E-state index in [-0.39, 0.29) is 86.8 Å². The van der Waals surface area contributed by atoms with E-state index in [1.165, 1.54) is 4.90 Å². The maximum absolute atomic E-state index is 15.5. The number of aryl methyl sites for hydroxylation is 2. The molecule has 112 heavy (non-hydrogen) atoms. The summed E-state index contributed by atoms with van der Waals surface area (Å²) in [6.45, 7) is 3.84. The predicted octanol–water partition coefficient (Wildman–Crippen LogP) is 9.14. The Morgan fingerprint density at radius 2 is 1.35 bits per heavy atom. The molecule has 0 radical (unpaired) electrons. The van der Waals surface area contributed by atoms with Crippen molar-refractivity contribution in [1.29, 1.82) is 0 Å². The number of amides is 5. The molecule has 4 aromatic rings. The van der Waals surface area contributed by atoms with Gasteiger partial charge in [-0.1, -0.05) is 68.9 Å². The zero-order valence-electron chi connectivity index (χ0n) is 64.7. The standard InChI is InChI=1S/C82H110N12O16S2/c1-78(34-35-78)111(101,102)91-75(98)80-43-54(80)22-11-5-4-6-12-26-65-73(96)93-46-59(40-56(93)45-84-80)107-71-64(25-14-8-10-20-53-39-70(53)110-77(100)89-65)86-67-38-52(29-31-62(67)87-71)50(18-15-16-23-55-44-81(55,83)82(49-106-82)92-112(103,104)79(2)36-37-79)28-32-66-74(97)94-47-60(41-57(94)48-95)108-72-63(85-61-33-30-58(105-3)42-68(61)88-72)24-13-7-9-19-51-21-17-27-69(51)109-76(99)90-66/h11,16,22-23,29-31,33,38,42,48,50-51,53-57,59-60,65-66,69-70,84,92H,4-10,12-15,17-21,24-28,32,34-37,39-41,43-47,49,83H2,1-3H3,(H,89,100)(H,90,99)(H,91,98). The highest BCUT2D eigenvalue weighted by Crippen LogP contribution is 2.57. The summed E-state index contributed by atoms with van der Waals surface area (Å²) in [7, 11) is -6.08. The first kappa shape index (κ1) is 78.3. The maximum Gasteiger partial charge on any atom is 0.408 e. The Hall–Kier alpha value is -7.64. The third kappa shape index (κ3) is 16.6. The van der Waals surface area contributed by atoms with Crippen LogP contribution in [-0.2, 0) is 66.3 Å². The molecule has 12 aliphatic rings. The Balaban J connectivity index is 0.698. The highest BCUT2D eigenvalue weighted by molar-refractivity contribution is 7.91. The minimum absolute atomic E-state index is 0.0412. The van der Waals surface area contributed by atoms with Crippen LogP contribution in [0.15, 0.2) is 60.7 Å². The Morgan fingerprint density at radius 3 is 2.09 bits per heavy atom. The van der Waals surface area contributed by atoms with Gasteiger partial charge >= 0.3 is 12.2 Å². The van der Waals surface area contributed by atoms with Gasteiger partial charge in [-0.15, -0.1) is 0 Å². The first-order chi connectivity index (χ1) is 53.9. The number of hydrogen-bond acceptors (Lipinski definition) is 22. The van der Waals surface area contributed by atoms with Gasteiger partial charge < -0.3 is 64.7 Å². The van der Waals surface area contributed by atoms with Crippen LogP contribution in [0.5, 0.6) is 17.5 Å². The molecule has 5 amide bonds. The van der Waals surface area contributed by atoms with E-state index in [2.05, 4.69) is 37.5 Å². The number of fused-ring (bicyclic) bond motifs is 11. The summed E-state index contributed by atoms with van der Waals surface area (Å²) in [6.07, 6.45) is 25.4. The number of rotatable bonds is 17. The van der Waals surface area contributed by atoms with Crippen LogP contribution in [0, 0.1) is 23.7 Å². The normalized spacial score (nSPS) is 33.7. The molecule has 30 heteroatoms. The number of sulfonamides is 2. The third-order valence-electron chi connectivity index (χ3n) is 26.8. The molecule has 16 atom stereocenters. The fourth-order valence-corrected chi connectivity index (χ4v) is 21.3. The van der Waals surface area contributed by atoms with Gasteiger partial charge in [0.05, 0.1) is 69.9 Å². The van der Waals surface area contributed by atoms with Gasteiger partial charge in [0.2, 0.25) is 43.6 Å². The number of carbonyl (C=O) groups excluding carboxylic acids is 6. The average molecular weight is 1580 g/mol. The summed E-state index contributed by atoms with van der Waals surface area (Å²) in [5, 5.41) is 9.52. The second-order valence-corrected chi connectivity index (χ2v) is 39.3. The van der Waals surface area contributed by atoms with Crippen LogP contribution >= 0.6 is 0 Å².